The first-order valence-electron chi connectivity index (χ1n) is 6.43. The molecule has 1 N–H and O–H groups in total. The minimum absolute atomic E-state index is 0.0496. The lowest BCUT2D eigenvalue weighted by atomic mass is 9.89. The SMILES string of the molecule is CC(C)(COC1CCCc2ccccc21)C(=O)O. The van der Waals surface area contributed by atoms with Crippen molar-refractivity contribution in [3.8, 4) is 0 Å². The Morgan fingerprint density at radius 1 is 1.44 bits per heavy atom. The molecule has 1 aliphatic carbocycles. The van der Waals surface area contributed by atoms with Gasteiger partial charge in [-0.15, -0.1) is 0 Å². The zero-order chi connectivity index (χ0) is 13.2. The molecule has 1 aliphatic rings. The molecule has 0 saturated heterocycles. The number of benzene rings is 1. The third-order valence-corrected chi connectivity index (χ3v) is 3.54. The maximum absolute atomic E-state index is 11.1. The molecule has 3 heteroatoms. The van der Waals surface area contributed by atoms with E-state index in [1.54, 1.807) is 13.8 Å². The maximum Gasteiger partial charge on any atom is 0.311 e. The van der Waals surface area contributed by atoms with Gasteiger partial charge in [0.1, 0.15) is 0 Å². The summed E-state index contributed by atoms with van der Waals surface area (Å²) in [7, 11) is 0. The highest BCUT2D eigenvalue weighted by molar-refractivity contribution is 5.73. The zero-order valence-corrected chi connectivity index (χ0v) is 11.0. The molecule has 0 heterocycles. The van der Waals surface area contributed by atoms with Crippen molar-refractivity contribution in [2.75, 3.05) is 6.61 Å². The van der Waals surface area contributed by atoms with Gasteiger partial charge in [0.2, 0.25) is 0 Å². The van der Waals surface area contributed by atoms with Crippen LogP contribution >= 0.6 is 0 Å². The molecule has 0 aromatic heterocycles. The molecule has 98 valence electrons. The largest absolute Gasteiger partial charge is 0.481 e. The minimum Gasteiger partial charge on any atom is -0.481 e. The Morgan fingerprint density at radius 2 is 2.17 bits per heavy atom. The molecule has 0 saturated carbocycles. The molecule has 3 nitrogen and oxygen atoms in total. The maximum atomic E-state index is 11.1. The monoisotopic (exact) mass is 248 g/mol. The number of carboxylic acid groups (broad SMARTS) is 1. The van der Waals surface area contributed by atoms with Crippen molar-refractivity contribution in [3.63, 3.8) is 0 Å². The minimum atomic E-state index is -0.827. The normalized spacial score (nSPS) is 19.3. The Kier molecular flexibility index (Phi) is 3.71. The molecule has 2 rings (SSSR count). The summed E-state index contributed by atoms with van der Waals surface area (Å²) in [5.74, 6) is -0.813. The second-order valence-electron chi connectivity index (χ2n) is 5.58. The number of carbonyl (C=O) groups is 1. The summed E-state index contributed by atoms with van der Waals surface area (Å²) in [4.78, 5) is 11.1. The number of ether oxygens (including phenoxy) is 1. The fourth-order valence-electron chi connectivity index (χ4n) is 2.25. The van der Waals surface area contributed by atoms with Gasteiger partial charge in [-0.3, -0.25) is 4.79 Å². The van der Waals surface area contributed by atoms with Crippen molar-refractivity contribution in [2.45, 2.75) is 39.2 Å². The lowest BCUT2D eigenvalue weighted by Crippen LogP contribution is -2.30. The number of hydrogen-bond donors (Lipinski definition) is 1. The van der Waals surface area contributed by atoms with Crippen LogP contribution < -0.4 is 0 Å². The van der Waals surface area contributed by atoms with E-state index in [9.17, 15) is 4.79 Å². The van der Waals surface area contributed by atoms with Crippen molar-refractivity contribution in [1.82, 2.24) is 0 Å². The highest BCUT2D eigenvalue weighted by atomic mass is 16.5. The average Bonchev–Trinajstić information content (AvgIpc) is 2.36. The summed E-state index contributed by atoms with van der Waals surface area (Å²) in [5, 5.41) is 9.09. The van der Waals surface area contributed by atoms with Crippen LogP contribution in [0.2, 0.25) is 0 Å². The number of aryl methyl sites for hydroxylation is 1. The third kappa shape index (κ3) is 2.72. The molecule has 0 bridgehead atoms. The van der Waals surface area contributed by atoms with Crippen molar-refractivity contribution in [3.05, 3.63) is 35.4 Å². The van der Waals surface area contributed by atoms with Crippen LogP contribution in [-0.4, -0.2) is 17.7 Å². The Morgan fingerprint density at radius 3 is 2.89 bits per heavy atom. The van der Waals surface area contributed by atoms with Gasteiger partial charge in [-0.05, 0) is 44.2 Å². The molecule has 0 aliphatic heterocycles. The molecule has 1 aromatic rings. The smallest absolute Gasteiger partial charge is 0.311 e. The first-order chi connectivity index (χ1) is 8.50. The molecule has 1 atom stereocenters. The van der Waals surface area contributed by atoms with Crippen LogP contribution in [0.1, 0.15) is 43.9 Å². The van der Waals surface area contributed by atoms with E-state index < -0.39 is 11.4 Å². The van der Waals surface area contributed by atoms with Crippen molar-refractivity contribution in [1.29, 1.82) is 0 Å². The second kappa shape index (κ2) is 5.11. The lowest BCUT2D eigenvalue weighted by Gasteiger charge is -2.28. The van der Waals surface area contributed by atoms with E-state index in [0.29, 0.717) is 0 Å². The van der Waals surface area contributed by atoms with Crippen LogP contribution in [0.3, 0.4) is 0 Å². The van der Waals surface area contributed by atoms with Crippen molar-refractivity contribution in [2.24, 2.45) is 5.41 Å². The summed E-state index contributed by atoms with van der Waals surface area (Å²) < 4.78 is 5.85. The average molecular weight is 248 g/mol. The fraction of sp³-hybridized carbons (Fsp3) is 0.533. The molecule has 0 fully saturated rings. The molecule has 0 radical (unpaired) electrons. The van der Waals surface area contributed by atoms with Gasteiger partial charge in [-0.2, -0.15) is 0 Å². The number of hydrogen-bond acceptors (Lipinski definition) is 2. The van der Waals surface area contributed by atoms with Gasteiger partial charge < -0.3 is 9.84 Å². The third-order valence-electron chi connectivity index (χ3n) is 3.54. The van der Waals surface area contributed by atoms with E-state index in [1.807, 2.05) is 12.1 Å². The van der Waals surface area contributed by atoms with E-state index in [0.717, 1.165) is 19.3 Å². The van der Waals surface area contributed by atoms with Gasteiger partial charge in [-0.25, -0.2) is 0 Å². The predicted molar refractivity (Wildman–Crippen MR) is 69.5 cm³/mol. The molecule has 0 amide bonds. The summed E-state index contributed by atoms with van der Waals surface area (Å²) in [5.41, 5.74) is 1.73. The lowest BCUT2D eigenvalue weighted by molar-refractivity contribution is -0.152. The standard InChI is InChI=1S/C15H20O3/c1-15(2,14(16)17)10-18-13-9-5-7-11-6-3-4-8-12(11)13/h3-4,6,8,13H,5,7,9-10H2,1-2H3,(H,16,17). The van der Waals surface area contributed by atoms with E-state index in [1.165, 1.54) is 11.1 Å². The molecule has 0 spiro atoms. The first kappa shape index (κ1) is 13.1. The van der Waals surface area contributed by atoms with Gasteiger partial charge in [0.15, 0.2) is 0 Å². The Balaban J connectivity index is 2.06. The van der Waals surface area contributed by atoms with Gasteiger partial charge in [0.25, 0.3) is 0 Å². The van der Waals surface area contributed by atoms with Gasteiger partial charge in [0, 0.05) is 0 Å². The first-order valence-corrected chi connectivity index (χ1v) is 6.43. The molecular formula is C15H20O3. The van der Waals surface area contributed by atoms with Crippen molar-refractivity contribution >= 4 is 5.97 Å². The topological polar surface area (TPSA) is 46.5 Å². The van der Waals surface area contributed by atoms with Crippen LogP contribution in [0.15, 0.2) is 24.3 Å². The summed E-state index contributed by atoms with van der Waals surface area (Å²) >= 11 is 0. The van der Waals surface area contributed by atoms with Crippen molar-refractivity contribution < 1.29 is 14.6 Å². The van der Waals surface area contributed by atoms with E-state index in [2.05, 4.69) is 12.1 Å². The predicted octanol–water partition coefficient (Wildman–Crippen LogP) is 3.19. The number of rotatable bonds is 4. The number of aliphatic carboxylic acids is 1. The fourth-order valence-corrected chi connectivity index (χ4v) is 2.25. The van der Waals surface area contributed by atoms with Crippen LogP contribution in [0.4, 0.5) is 0 Å². The summed E-state index contributed by atoms with van der Waals surface area (Å²) in [6.07, 6.45) is 3.23. The number of carboxylic acids is 1. The van der Waals surface area contributed by atoms with Gasteiger partial charge in [-0.1, -0.05) is 24.3 Å². The van der Waals surface area contributed by atoms with Crippen LogP contribution in [0, 0.1) is 5.41 Å². The van der Waals surface area contributed by atoms with E-state index >= 15 is 0 Å². The molecule has 1 aromatic carbocycles. The highest BCUT2D eigenvalue weighted by Gasteiger charge is 2.30. The molecule has 18 heavy (non-hydrogen) atoms. The molecule has 1 unspecified atom stereocenters. The van der Waals surface area contributed by atoms with E-state index in [-0.39, 0.29) is 12.7 Å². The van der Waals surface area contributed by atoms with Gasteiger partial charge >= 0.3 is 5.97 Å². The summed E-state index contributed by atoms with van der Waals surface area (Å²) in [6, 6.07) is 8.28. The van der Waals surface area contributed by atoms with Crippen LogP contribution in [-0.2, 0) is 16.0 Å². The Bertz CT molecular complexity index is 437. The van der Waals surface area contributed by atoms with Gasteiger partial charge in [0.05, 0.1) is 18.1 Å². The zero-order valence-electron chi connectivity index (χ0n) is 11.0. The highest BCUT2D eigenvalue weighted by Crippen LogP contribution is 2.33. The Hall–Kier alpha value is -1.35. The Labute approximate surface area is 108 Å². The van der Waals surface area contributed by atoms with E-state index in [4.69, 9.17) is 9.84 Å². The van der Waals surface area contributed by atoms with Crippen LogP contribution in [0.5, 0.6) is 0 Å². The quantitative estimate of drug-likeness (QED) is 0.890. The van der Waals surface area contributed by atoms with Crippen LogP contribution in [0.25, 0.3) is 0 Å². The summed E-state index contributed by atoms with van der Waals surface area (Å²) in [6.45, 7) is 3.65. The number of fused-ring (bicyclic) bond motifs is 1. The molecular weight excluding hydrogens is 228 g/mol. The second-order valence-corrected chi connectivity index (χ2v) is 5.58.